The molecule has 4 nitrogen and oxygen atoms in total. The highest BCUT2D eigenvalue weighted by Gasteiger charge is 2.23. The summed E-state index contributed by atoms with van der Waals surface area (Å²) in [5.41, 5.74) is 0. The molecule has 0 aromatic rings. The lowest BCUT2D eigenvalue weighted by molar-refractivity contribution is -0.115. The van der Waals surface area contributed by atoms with Gasteiger partial charge in [-0.15, -0.1) is 0 Å². The fraction of sp³-hybridized carbons (Fsp3) is 0.500. The molecule has 0 aromatic carbocycles. The molecule has 1 amide bonds. The van der Waals surface area contributed by atoms with Crippen molar-refractivity contribution < 1.29 is 9.53 Å². The molecule has 0 bridgehead atoms. The number of hydrogen-bond donors (Lipinski definition) is 1. The summed E-state index contributed by atoms with van der Waals surface area (Å²) in [5, 5.41) is 2.59. The molecular formula is C8H10N2O2S2. The Kier molecular flexibility index (Phi) is 3.05. The van der Waals surface area contributed by atoms with Gasteiger partial charge >= 0.3 is 0 Å². The number of carbonyl (C=O) groups is 1. The molecule has 76 valence electrons. The summed E-state index contributed by atoms with van der Waals surface area (Å²) in [6, 6.07) is 0. The minimum Gasteiger partial charge on any atom is -0.378 e. The van der Waals surface area contributed by atoms with Crippen LogP contribution in [0.25, 0.3) is 0 Å². The third kappa shape index (κ3) is 2.26. The van der Waals surface area contributed by atoms with Gasteiger partial charge in [-0.25, -0.2) is 0 Å². The molecule has 2 fully saturated rings. The number of amides is 1. The van der Waals surface area contributed by atoms with E-state index >= 15 is 0 Å². The SMILES string of the molecule is O=C1NC(=S)S/C1=C\N1CCOCC1. The van der Waals surface area contributed by atoms with Crippen molar-refractivity contribution in [2.75, 3.05) is 26.3 Å². The Hall–Kier alpha value is -0.590. The Morgan fingerprint density at radius 1 is 1.50 bits per heavy atom. The number of nitrogens with zero attached hydrogens (tertiary/aromatic N) is 1. The first kappa shape index (κ1) is 9.95. The lowest BCUT2D eigenvalue weighted by atomic mass is 10.4. The van der Waals surface area contributed by atoms with Crippen molar-refractivity contribution in [3.63, 3.8) is 0 Å². The van der Waals surface area contributed by atoms with Crippen LogP contribution in [-0.2, 0) is 9.53 Å². The van der Waals surface area contributed by atoms with Crippen molar-refractivity contribution in [3.05, 3.63) is 11.1 Å². The van der Waals surface area contributed by atoms with E-state index in [0.29, 0.717) is 9.23 Å². The number of thioether (sulfide) groups is 1. The Morgan fingerprint density at radius 2 is 2.21 bits per heavy atom. The van der Waals surface area contributed by atoms with Crippen molar-refractivity contribution in [3.8, 4) is 0 Å². The molecule has 2 saturated heterocycles. The summed E-state index contributed by atoms with van der Waals surface area (Å²) in [4.78, 5) is 14.1. The van der Waals surface area contributed by atoms with Crippen LogP contribution in [0.15, 0.2) is 11.1 Å². The summed E-state index contributed by atoms with van der Waals surface area (Å²) in [7, 11) is 0. The third-order valence-corrected chi connectivity index (χ3v) is 3.14. The van der Waals surface area contributed by atoms with E-state index in [1.165, 1.54) is 11.8 Å². The molecule has 2 aliphatic heterocycles. The molecule has 0 unspecified atom stereocenters. The van der Waals surface area contributed by atoms with E-state index in [2.05, 4.69) is 10.2 Å². The topological polar surface area (TPSA) is 41.6 Å². The molecule has 2 rings (SSSR count). The molecule has 0 aliphatic carbocycles. The van der Waals surface area contributed by atoms with Crippen LogP contribution in [-0.4, -0.2) is 41.4 Å². The van der Waals surface area contributed by atoms with E-state index in [1.54, 1.807) is 0 Å². The van der Waals surface area contributed by atoms with Gasteiger partial charge in [-0.1, -0.05) is 24.0 Å². The van der Waals surface area contributed by atoms with Crippen LogP contribution < -0.4 is 5.32 Å². The van der Waals surface area contributed by atoms with Crippen molar-refractivity contribution in [2.24, 2.45) is 0 Å². The highest BCUT2D eigenvalue weighted by Crippen LogP contribution is 2.23. The van der Waals surface area contributed by atoms with Gasteiger partial charge in [-0.3, -0.25) is 4.79 Å². The summed E-state index contributed by atoms with van der Waals surface area (Å²) in [6.07, 6.45) is 1.86. The Labute approximate surface area is 91.7 Å². The van der Waals surface area contributed by atoms with Crippen LogP contribution in [0.4, 0.5) is 0 Å². The average molecular weight is 230 g/mol. The highest BCUT2D eigenvalue weighted by atomic mass is 32.2. The smallest absolute Gasteiger partial charge is 0.265 e. The largest absolute Gasteiger partial charge is 0.378 e. The maximum atomic E-state index is 11.3. The number of nitrogens with one attached hydrogen (secondary N) is 1. The second-order valence-corrected chi connectivity index (χ2v) is 4.70. The average Bonchev–Trinajstić information content (AvgIpc) is 2.47. The quantitative estimate of drug-likeness (QED) is 0.518. The van der Waals surface area contributed by atoms with Crippen molar-refractivity contribution in [1.82, 2.24) is 10.2 Å². The summed E-state index contributed by atoms with van der Waals surface area (Å²) < 4.78 is 5.74. The first-order chi connectivity index (χ1) is 6.75. The van der Waals surface area contributed by atoms with E-state index in [1.807, 2.05) is 6.20 Å². The molecule has 14 heavy (non-hydrogen) atoms. The monoisotopic (exact) mass is 230 g/mol. The molecule has 0 atom stereocenters. The van der Waals surface area contributed by atoms with Gasteiger partial charge in [0.05, 0.1) is 18.1 Å². The number of morpholine rings is 1. The molecule has 0 aromatic heterocycles. The van der Waals surface area contributed by atoms with Gasteiger partial charge in [0.2, 0.25) is 0 Å². The number of ether oxygens (including phenoxy) is 1. The second-order valence-electron chi connectivity index (χ2n) is 2.99. The van der Waals surface area contributed by atoms with Gasteiger partial charge in [0.1, 0.15) is 4.32 Å². The fourth-order valence-corrected chi connectivity index (χ4v) is 2.33. The van der Waals surface area contributed by atoms with Gasteiger partial charge < -0.3 is 15.0 Å². The van der Waals surface area contributed by atoms with Gasteiger partial charge in [0.15, 0.2) is 0 Å². The zero-order chi connectivity index (χ0) is 9.97. The van der Waals surface area contributed by atoms with Gasteiger partial charge in [0, 0.05) is 19.3 Å². The number of thiocarbonyl (C=S) groups is 1. The van der Waals surface area contributed by atoms with Crippen LogP contribution in [0.2, 0.25) is 0 Å². The Morgan fingerprint density at radius 3 is 2.79 bits per heavy atom. The van der Waals surface area contributed by atoms with Gasteiger partial charge in [0.25, 0.3) is 5.91 Å². The van der Waals surface area contributed by atoms with Crippen LogP contribution in [0.1, 0.15) is 0 Å². The lowest BCUT2D eigenvalue weighted by Gasteiger charge is -2.25. The van der Waals surface area contributed by atoms with Crippen LogP contribution >= 0.6 is 24.0 Å². The molecule has 0 radical (unpaired) electrons. The van der Waals surface area contributed by atoms with Crippen molar-refractivity contribution >= 4 is 34.2 Å². The van der Waals surface area contributed by atoms with Crippen molar-refractivity contribution in [2.45, 2.75) is 0 Å². The van der Waals surface area contributed by atoms with E-state index < -0.39 is 0 Å². The second kappa shape index (κ2) is 4.29. The van der Waals surface area contributed by atoms with Gasteiger partial charge in [-0.05, 0) is 0 Å². The lowest BCUT2D eigenvalue weighted by Crippen LogP contribution is -2.32. The van der Waals surface area contributed by atoms with E-state index in [0.717, 1.165) is 26.3 Å². The standard InChI is InChI=1S/C8H10N2O2S2/c11-7-6(14-8(13)9-7)5-10-1-3-12-4-2-10/h5H,1-4H2,(H,9,11,13)/b6-5-. The zero-order valence-electron chi connectivity index (χ0n) is 7.49. The molecule has 1 N–H and O–H groups in total. The molecule has 2 aliphatic rings. The first-order valence-corrected chi connectivity index (χ1v) is 5.55. The molecule has 0 spiro atoms. The van der Waals surface area contributed by atoms with Crippen LogP contribution in [0.3, 0.4) is 0 Å². The first-order valence-electron chi connectivity index (χ1n) is 4.32. The predicted molar refractivity (Wildman–Crippen MR) is 58.8 cm³/mol. The minimum absolute atomic E-state index is 0.0912. The maximum absolute atomic E-state index is 11.3. The minimum atomic E-state index is -0.0912. The molecule has 6 heteroatoms. The number of rotatable bonds is 1. The summed E-state index contributed by atoms with van der Waals surface area (Å²) in [6.45, 7) is 3.12. The molecular weight excluding hydrogens is 220 g/mol. The van der Waals surface area contributed by atoms with Crippen LogP contribution in [0, 0.1) is 0 Å². The fourth-order valence-electron chi connectivity index (χ4n) is 1.28. The summed E-state index contributed by atoms with van der Waals surface area (Å²) >= 11 is 6.20. The molecule has 2 heterocycles. The number of carbonyl (C=O) groups excluding carboxylic acids is 1. The Bertz CT molecular complexity index is 298. The zero-order valence-corrected chi connectivity index (χ0v) is 9.12. The highest BCUT2D eigenvalue weighted by molar-refractivity contribution is 8.26. The van der Waals surface area contributed by atoms with Crippen LogP contribution in [0.5, 0.6) is 0 Å². The van der Waals surface area contributed by atoms with Gasteiger partial charge in [-0.2, -0.15) is 0 Å². The number of hydrogen-bond acceptors (Lipinski definition) is 5. The Balaban J connectivity index is 2.02. The molecule has 0 saturated carbocycles. The van der Waals surface area contributed by atoms with E-state index in [-0.39, 0.29) is 5.91 Å². The van der Waals surface area contributed by atoms with Crippen molar-refractivity contribution in [1.29, 1.82) is 0 Å². The third-order valence-electron chi connectivity index (χ3n) is 1.99. The van der Waals surface area contributed by atoms with E-state index in [9.17, 15) is 4.79 Å². The maximum Gasteiger partial charge on any atom is 0.265 e. The predicted octanol–water partition coefficient (Wildman–Crippen LogP) is 0.308. The normalized spacial score (nSPS) is 25.7. The summed E-state index contributed by atoms with van der Waals surface area (Å²) in [5.74, 6) is -0.0912. The van der Waals surface area contributed by atoms with E-state index in [4.69, 9.17) is 17.0 Å².